The van der Waals surface area contributed by atoms with E-state index in [1.165, 1.54) is 6.92 Å². The van der Waals surface area contributed by atoms with Crippen molar-refractivity contribution >= 4 is 29.1 Å². The molecule has 1 aromatic carbocycles. The molecule has 1 rings (SSSR count). The highest BCUT2D eigenvalue weighted by molar-refractivity contribution is 7.98. The number of hydrogen-bond acceptors (Lipinski definition) is 2. The van der Waals surface area contributed by atoms with Crippen LogP contribution in [0, 0.1) is 0 Å². The normalized spacial score (nSPS) is 12.5. The van der Waals surface area contributed by atoms with Crippen LogP contribution in [0.1, 0.15) is 30.4 Å². The van der Waals surface area contributed by atoms with E-state index in [4.69, 9.17) is 11.6 Å². The van der Waals surface area contributed by atoms with Crippen LogP contribution in [0.15, 0.2) is 23.1 Å². The lowest BCUT2D eigenvalue weighted by atomic mass is 10.0. The van der Waals surface area contributed by atoms with Crippen molar-refractivity contribution in [3.8, 4) is 0 Å². The lowest BCUT2D eigenvalue weighted by Gasteiger charge is -2.15. The van der Waals surface area contributed by atoms with E-state index in [-0.39, 0.29) is 5.78 Å². The van der Waals surface area contributed by atoms with Crippen molar-refractivity contribution in [3.63, 3.8) is 0 Å². The lowest BCUT2D eigenvalue weighted by Crippen LogP contribution is -2.06. The van der Waals surface area contributed by atoms with Crippen LogP contribution in [0.3, 0.4) is 0 Å². The number of rotatable bonds is 4. The van der Waals surface area contributed by atoms with Crippen LogP contribution < -0.4 is 0 Å². The fourth-order valence-electron chi connectivity index (χ4n) is 1.57. The first-order valence-corrected chi connectivity index (χ1v) is 6.58. The number of ketones is 1. The third-order valence-corrected chi connectivity index (χ3v) is 3.69. The van der Waals surface area contributed by atoms with Gasteiger partial charge in [-0.25, -0.2) is 0 Å². The quantitative estimate of drug-likeness (QED) is 0.590. The van der Waals surface area contributed by atoms with Gasteiger partial charge in [0, 0.05) is 4.90 Å². The number of thioether (sulfide) groups is 1. The average Bonchev–Trinajstić information content (AvgIpc) is 2.26. The molecule has 0 heterocycles. The van der Waals surface area contributed by atoms with Crippen molar-refractivity contribution in [1.82, 2.24) is 0 Å². The summed E-state index contributed by atoms with van der Waals surface area (Å²) in [4.78, 5) is 12.4. The minimum Gasteiger partial charge on any atom is -0.298 e. The number of benzene rings is 1. The topological polar surface area (TPSA) is 17.1 Å². The summed E-state index contributed by atoms with van der Waals surface area (Å²) in [5.74, 6) is 0.00728. The minimum absolute atomic E-state index is 0.00728. The molecule has 1 aromatic rings. The third-order valence-electron chi connectivity index (χ3n) is 2.37. The van der Waals surface area contributed by atoms with Gasteiger partial charge >= 0.3 is 0 Å². The fraction of sp³-hybridized carbons (Fsp3) is 0.417. The van der Waals surface area contributed by atoms with Crippen LogP contribution in [0.5, 0.6) is 0 Å². The zero-order valence-corrected chi connectivity index (χ0v) is 10.8. The van der Waals surface area contributed by atoms with Gasteiger partial charge in [-0.15, -0.1) is 23.4 Å². The van der Waals surface area contributed by atoms with Crippen LogP contribution in [0.4, 0.5) is 0 Å². The van der Waals surface area contributed by atoms with Gasteiger partial charge in [0.15, 0.2) is 5.78 Å². The van der Waals surface area contributed by atoms with Crippen LogP contribution in [0.25, 0.3) is 0 Å². The zero-order valence-electron chi connectivity index (χ0n) is 9.21. The molecule has 1 unspecified atom stereocenters. The Labute approximate surface area is 100 Å². The molecule has 0 aliphatic rings. The maximum Gasteiger partial charge on any atom is 0.152 e. The summed E-state index contributed by atoms with van der Waals surface area (Å²) in [6.45, 7) is 3.61. The smallest absolute Gasteiger partial charge is 0.152 e. The molecular weight excluding hydrogens is 228 g/mol. The van der Waals surface area contributed by atoms with E-state index >= 15 is 0 Å². The molecule has 0 radical (unpaired) electrons. The van der Waals surface area contributed by atoms with Gasteiger partial charge in [0.2, 0.25) is 0 Å². The molecule has 82 valence electrons. The Balaban J connectivity index is 3.27. The number of carbonyl (C=O) groups excluding carboxylic acids is 1. The Kier molecular flexibility index (Phi) is 4.68. The van der Waals surface area contributed by atoms with Gasteiger partial charge < -0.3 is 0 Å². The van der Waals surface area contributed by atoms with Crippen molar-refractivity contribution in [3.05, 3.63) is 29.3 Å². The van der Waals surface area contributed by atoms with E-state index in [1.807, 2.05) is 24.5 Å². The summed E-state index contributed by atoms with van der Waals surface area (Å²) < 4.78 is 0. The predicted octanol–water partition coefficient (Wildman–Crippen LogP) is 3.84. The van der Waals surface area contributed by atoms with Gasteiger partial charge in [-0.2, -0.15) is 0 Å². The number of aryl methyl sites for hydroxylation is 1. The summed E-state index contributed by atoms with van der Waals surface area (Å²) in [7, 11) is 0. The monoisotopic (exact) mass is 242 g/mol. The molecule has 0 fully saturated rings. The Bertz CT molecular complexity index is 340. The molecule has 15 heavy (non-hydrogen) atoms. The average molecular weight is 243 g/mol. The number of alkyl halides is 1. The molecule has 0 N–H and O–H groups in total. The van der Waals surface area contributed by atoms with Crippen molar-refractivity contribution in [2.75, 3.05) is 6.26 Å². The van der Waals surface area contributed by atoms with Crippen LogP contribution in [-0.2, 0) is 11.2 Å². The summed E-state index contributed by atoms with van der Waals surface area (Å²) in [5.41, 5.74) is 2.15. The summed E-state index contributed by atoms with van der Waals surface area (Å²) in [5, 5.41) is -0.511. The Morgan fingerprint density at radius 1 is 1.53 bits per heavy atom. The molecular formula is C12H15ClOS. The Hall–Kier alpha value is -0.470. The first kappa shape index (κ1) is 12.6. The molecule has 0 bridgehead atoms. The minimum atomic E-state index is -0.511. The van der Waals surface area contributed by atoms with E-state index < -0.39 is 5.38 Å². The highest BCUT2D eigenvalue weighted by atomic mass is 35.5. The van der Waals surface area contributed by atoms with E-state index in [0.29, 0.717) is 0 Å². The second-order valence-electron chi connectivity index (χ2n) is 3.36. The molecule has 1 atom stereocenters. The van der Waals surface area contributed by atoms with Gasteiger partial charge in [0.1, 0.15) is 5.38 Å². The van der Waals surface area contributed by atoms with Crippen LogP contribution in [-0.4, -0.2) is 12.0 Å². The van der Waals surface area contributed by atoms with Gasteiger partial charge in [-0.3, -0.25) is 4.79 Å². The number of halogens is 1. The number of hydrogen-bond donors (Lipinski definition) is 0. The fourth-order valence-corrected chi connectivity index (χ4v) is 2.57. The third kappa shape index (κ3) is 2.76. The molecule has 0 spiro atoms. The molecule has 0 aliphatic carbocycles. The van der Waals surface area contributed by atoms with Crippen LogP contribution in [0.2, 0.25) is 0 Å². The summed E-state index contributed by atoms with van der Waals surface area (Å²) in [6.07, 6.45) is 2.91. The molecule has 0 saturated carbocycles. The largest absolute Gasteiger partial charge is 0.298 e. The first-order valence-electron chi connectivity index (χ1n) is 4.92. The van der Waals surface area contributed by atoms with Gasteiger partial charge in [-0.05, 0) is 36.8 Å². The summed E-state index contributed by atoms with van der Waals surface area (Å²) >= 11 is 7.78. The van der Waals surface area contributed by atoms with E-state index in [9.17, 15) is 4.79 Å². The van der Waals surface area contributed by atoms with Gasteiger partial charge in [0.05, 0.1) is 0 Å². The van der Waals surface area contributed by atoms with E-state index in [2.05, 4.69) is 6.92 Å². The maximum atomic E-state index is 11.3. The summed E-state index contributed by atoms with van der Waals surface area (Å²) in [6, 6.07) is 6.06. The number of Topliss-reactive ketones (excluding diaryl/α,β-unsaturated/α-hetero) is 1. The number of carbonyl (C=O) groups is 1. The second kappa shape index (κ2) is 5.57. The SMILES string of the molecule is CCc1cccc(SC)c1C(Cl)C(C)=O. The molecule has 3 heteroatoms. The van der Waals surface area contributed by atoms with Crippen molar-refractivity contribution in [1.29, 1.82) is 0 Å². The maximum absolute atomic E-state index is 11.3. The molecule has 1 nitrogen and oxygen atoms in total. The standard InChI is InChI=1S/C12H15ClOS/c1-4-9-6-5-7-10(15-3)11(9)12(13)8(2)14/h5-7,12H,4H2,1-3H3. The van der Waals surface area contributed by atoms with E-state index in [1.54, 1.807) is 11.8 Å². The predicted molar refractivity (Wildman–Crippen MR) is 66.9 cm³/mol. The molecule has 0 amide bonds. The zero-order chi connectivity index (χ0) is 11.4. The highest BCUT2D eigenvalue weighted by Gasteiger charge is 2.19. The lowest BCUT2D eigenvalue weighted by molar-refractivity contribution is -0.116. The van der Waals surface area contributed by atoms with Gasteiger partial charge in [-0.1, -0.05) is 19.1 Å². The first-order chi connectivity index (χ1) is 7.11. The van der Waals surface area contributed by atoms with Crippen LogP contribution >= 0.6 is 23.4 Å². The van der Waals surface area contributed by atoms with Crippen molar-refractivity contribution in [2.24, 2.45) is 0 Å². The molecule has 0 aliphatic heterocycles. The van der Waals surface area contributed by atoms with Crippen molar-refractivity contribution in [2.45, 2.75) is 30.5 Å². The van der Waals surface area contributed by atoms with Gasteiger partial charge in [0.25, 0.3) is 0 Å². The highest BCUT2D eigenvalue weighted by Crippen LogP contribution is 2.33. The molecule has 0 aromatic heterocycles. The van der Waals surface area contributed by atoms with Crippen molar-refractivity contribution < 1.29 is 4.79 Å². The Morgan fingerprint density at radius 2 is 2.20 bits per heavy atom. The second-order valence-corrected chi connectivity index (χ2v) is 4.64. The molecule has 0 saturated heterocycles. The Morgan fingerprint density at radius 3 is 2.67 bits per heavy atom. The van der Waals surface area contributed by atoms with E-state index in [0.717, 1.165) is 22.4 Å².